The highest BCUT2D eigenvalue weighted by Crippen LogP contribution is 2.24. The van der Waals surface area contributed by atoms with Gasteiger partial charge < -0.3 is 5.32 Å². The second-order valence-electron chi connectivity index (χ2n) is 6.37. The maximum Gasteiger partial charge on any atom is 0.261 e. The summed E-state index contributed by atoms with van der Waals surface area (Å²) in [4.78, 5) is 38.4. The molecule has 3 amide bonds. The molecule has 0 atom stereocenters. The zero-order valence-electron chi connectivity index (χ0n) is 14.8. The van der Waals surface area contributed by atoms with Crippen LogP contribution in [-0.4, -0.2) is 35.7 Å². The van der Waals surface area contributed by atoms with Gasteiger partial charge in [0.1, 0.15) is 0 Å². The van der Waals surface area contributed by atoms with E-state index < -0.39 is 0 Å². The number of hydrogen-bond donors (Lipinski definition) is 1. The summed E-state index contributed by atoms with van der Waals surface area (Å²) in [7, 11) is 0. The Bertz CT molecular complexity index is 830. The normalized spacial score (nSPS) is 13.0. The Labute approximate surface area is 153 Å². The second-order valence-corrected chi connectivity index (χ2v) is 6.37. The third kappa shape index (κ3) is 3.67. The van der Waals surface area contributed by atoms with Crippen LogP contribution in [0.25, 0.3) is 0 Å². The van der Waals surface area contributed by atoms with Crippen LogP contribution in [0, 0.1) is 0 Å². The Morgan fingerprint density at radius 2 is 1.73 bits per heavy atom. The number of carbonyl (C=O) groups is 3. The average Bonchev–Trinajstić information content (AvgIpc) is 2.91. The predicted molar refractivity (Wildman–Crippen MR) is 99.2 cm³/mol. The molecular weight excluding hydrogens is 328 g/mol. The minimum Gasteiger partial charge on any atom is -0.352 e. The van der Waals surface area contributed by atoms with Crippen LogP contribution in [0.1, 0.15) is 56.4 Å². The minimum atomic E-state index is -0.308. The number of benzene rings is 2. The number of nitrogens with zero attached hydrogens (tertiary/aromatic N) is 1. The van der Waals surface area contributed by atoms with Crippen LogP contribution in [0.4, 0.5) is 0 Å². The molecule has 0 unspecified atom stereocenters. The quantitative estimate of drug-likeness (QED) is 0.781. The van der Waals surface area contributed by atoms with E-state index in [1.165, 1.54) is 11.0 Å². The molecule has 0 aromatic heterocycles. The van der Waals surface area contributed by atoms with Crippen molar-refractivity contribution in [3.05, 3.63) is 70.8 Å². The first-order valence-electron chi connectivity index (χ1n) is 8.94. The third-order valence-corrected chi connectivity index (χ3v) is 4.51. The van der Waals surface area contributed by atoms with E-state index in [1.807, 2.05) is 37.3 Å². The fourth-order valence-corrected chi connectivity index (χ4v) is 3.02. The van der Waals surface area contributed by atoms with E-state index >= 15 is 0 Å². The SMILES string of the molecule is CCCCN1C(=O)c2ccc(C(=O)NCCc3ccccc3)cc2C1=O. The zero-order valence-corrected chi connectivity index (χ0v) is 14.8. The predicted octanol–water partition coefficient (Wildman–Crippen LogP) is 3.06. The maximum absolute atomic E-state index is 12.5. The molecule has 0 spiro atoms. The highest BCUT2D eigenvalue weighted by Gasteiger charge is 2.35. The smallest absolute Gasteiger partial charge is 0.261 e. The second kappa shape index (κ2) is 7.95. The number of fused-ring (bicyclic) bond motifs is 1. The fourth-order valence-electron chi connectivity index (χ4n) is 3.02. The monoisotopic (exact) mass is 350 g/mol. The van der Waals surface area contributed by atoms with E-state index in [1.54, 1.807) is 12.1 Å². The lowest BCUT2D eigenvalue weighted by Gasteiger charge is -2.12. The van der Waals surface area contributed by atoms with Crippen molar-refractivity contribution in [3.63, 3.8) is 0 Å². The van der Waals surface area contributed by atoms with Gasteiger partial charge in [-0.1, -0.05) is 43.7 Å². The summed E-state index contributed by atoms with van der Waals surface area (Å²) in [6.45, 7) is 2.94. The molecule has 1 heterocycles. The van der Waals surface area contributed by atoms with Gasteiger partial charge in [0, 0.05) is 18.7 Å². The molecule has 2 aromatic carbocycles. The van der Waals surface area contributed by atoms with Crippen molar-refractivity contribution < 1.29 is 14.4 Å². The van der Waals surface area contributed by atoms with E-state index in [9.17, 15) is 14.4 Å². The molecule has 2 aromatic rings. The molecule has 0 radical (unpaired) electrons. The van der Waals surface area contributed by atoms with E-state index in [-0.39, 0.29) is 17.7 Å². The topological polar surface area (TPSA) is 66.5 Å². The molecule has 0 saturated heterocycles. The van der Waals surface area contributed by atoms with Crippen LogP contribution in [-0.2, 0) is 6.42 Å². The van der Waals surface area contributed by atoms with E-state index in [4.69, 9.17) is 0 Å². The average molecular weight is 350 g/mol. The highest BCUT2D eigenvalue weighted by molar-refractivity contribution is 6.22. The van der Waals surface area contributed by atoms with Gasteiger partial charge in [0.2, 0.25) is 0 Å². The molecule has 134 valence electrons. The van der Waals surface area contributed by atoms with E-state index in [2.05, 4.69) is 5.32 Å². The first-order valence-corrected chi connectivity index (χ1v) is 8.94. The standard InChI is InChI=1S/C21H22N2O3/c1-2-3-13-23-20(25)17-10-9-16(14-18(17)21(23)26)19(24)22-12-11-15-7-5-4-6-8-15/h4-10,14H,2-3,11-13H2,1H3,(H,22,24). The Morgan fingerprint density at radius 3 is 2.46 bits per heavy atom. The van der Waals surface area contributed by atoms with Crippen LogP contribution in [0.2, 0.25) is 0 Å². The summed E-state index contributed by atoms with van der Waals surface area (Å²) in [5.74, 6) is -0.817. The molecule has 3 rings (SSSR count). The number of nitrogens with one attached hydrogen (secondary N) is 1. The zero-order chi connectivity index (χ0) is 18.5. The van der Waals surface area contributed by atoms with Gasteiger partial charge in [-0.05, 0) is 36.6 Å². The van der Waals surface area contributed by atoms with Crippen molar-refractivity contribution in [2.45, 2.75) is 26.2 Å². The number of amides is 3. The minimum absolute atomic E-state index is 0.240. The summed E-state index contributed by atoms with van der Waals surface area (Å²) >= 11 is 0. The lowest BCUT2D eigenvalue weighted by Crippen LogP contribution is -2.30. The van der Waals surface area contributed by atoms with Crippen LogP contribution in [0.15, 0.2) is 48.5 Å². The summed E-state index contributed by atoms with van der Waals surface area (Å²) in [5.41, 5.74) is 2.25. The van der Waals surface area contributed by atoms with Crippen LogP contribution >= 0.6 is 0 Å². The van der Waals surface area contributed by atoms with Crippen molar-refractivity contribution in [3.8, 4) is 0 Å². The molecule has 5 heteroatoms. The highest BCUT2D eigenvalue weighted by atomic mass is 16.2. The fraction of sp³-hybridized carbons (Fsp3) is 0.286. The van der Waals surface area contributed by atoms with Gasteiger partial charge in [-0.3, -0.25) is 19.3 Å². The summed E-state index contributed by atoms with van der Waals surface area (Å²) in [5, 5.41) is 2.86. The molecule has 1 aliphatic heterocycles. The maximum atomic E-state index is 12.5. The Kier molecular flexibility index (Phi) is 5.46. The van der Waals surface area contributed by atoms with Crippen molar-refractivity contribution in [1.82, 2.24) is 10.2 Å². The number of imide groups is 1. The van der Waals surface area contributed by atoms with Gasteiger partial charge in [0.15, 0.2) is 0 Å². The molecule has 1 N–H and O–H groups in total. The van der Waals surface area contributed by atoms with Crippen molar-refractivity contribution in [2.24, 2.45) is 0 Å². The van der Waals surface area contributed by atoms with E-state index in [0.29, 0.717) is 29.8 Å². The van der Waals surface area contributed by atoms with Crippen LogP contribution in [0.3, 0.4) is 0 Å². The Balaban J connectivity index is 1.66. The number of hydrogen-bond acceptors (Lipinski definition) is 3. The summed E-state index contributed by atoms with van der Waals surface area (Å²) in [6, 6.07) is 14.6. The van der Waals surface area contributed by atoms with E-state index in [0.717, 1.165) is 24.8 Å². The number of unbranched alkanes of at least 4 members (excludes halogenated alkanes) is 1. The Morgan fingerprint density at radius 1 is 1.00 bits per heavy atom. The summed E-state index contributed by atoms with van der Waals surface area (Å²) in [6.07, 6.45) is 2.42. The molecule has 0 fully saturated rings. The van der Waals surface area contributed by atoms with Gasteiger partial charge in [-0.2, -0.15) is 0 Å². The van der Waals surface area contributed by atoms with Crippen LogP contribution < -0.4 is 5.32 Å². The molecule has 0 aliphatic carbocycles. The lowest BCUT2D eigenvalue weighted by atomic mass is 10.1. The van der Waals surface area contributed by atoms with Crippen LogP contribution in [0.5, 0.6) is 0 Å². The largest absolute Gasteiger partial charge is 0.352 e. The first-order chi connectivity index (χ1) is 12.6. The van der Waals surface area contributed by atoms with Crippen molar-refractivity contribution in [2.75, 3.05) is 13.1 Å². The molecular formula is C21H22N2O3. The summed E-state index contributed by atoms with van der Waals surface area (Å²) < 4.78 is 0. The Hall–Kier alpha value is -2.95. The van der Waals surface area contributed by atoms with Gasteiger partial charge in [-0.15, -0.1) is 0 Å². The molecule has 0 bridgehead atoms. The molecule has 26 heavy (non-hydrogen) atoms. The van der Waals surface area contributed by atoms with Crippen molar-refractivity contribution in [1.29, 1.82) is 0 Å². The molecule has 0 saturated carbocycles. The first kappa shape index (κ1) is 17.9. The third-order valence-electron chi connectivity index (χ3n) is 4.51. The van der Waals surface area contributed by atoms with Crippen molar-refractivity contribution >= 4 is 17.7 Å². The lowest BCUT2D eigenvalue weighted by molar-refractivity contribution is 0.0652. The van der Waals surface area contributed by atoms with Gasteiger partial charge in [0.05, 0.1) is 11.1 Å². The van der Waals surface area contributed by atoms with Gasteiger partial charge >= 0.3 is 0 Å². The molecule has 1 aliphatic rings. The van der Waals surface area contributed by atoms with Gasteiger partial charge in [-0.25, -0.2) is 0 Å². The number of carbonyl (C=O) groups excluding carboxylic acids is 3. The van der Waals surface area contributed by atoms with Gasteiger partial charge in [0.25, 0.3) is 17.7 Å². The molecule has 5 nitrogen and oxygen atoms in total. The number of rotatable bonds is 7.